The molecule has 3 aromatic rings. The van der Waals surface area contributed by atoms with Crippen LogP contribution in [0.15, 0.2) is 77.7 Å². The van der Waals surface area contributed by atoms with E-state index in [2.05, 4.69) is 0 Å². The van der Waals surface area contributed by atoms with Gasteiger partial charge in [-0.25, -0.2) is 0 Å². The van der Waals surface area contributed by atoms with Crippen LogP contribution < -0.4 is 14.5 Å². The summed E-state index contributed by atoms with van der Waals surface area (Å²) in [6.45, 7) is 0.431. The first-order valence-electron chi connectivity index (χ1n) is 9.54. The smallest absolute Gasteiger partial charge is 0.258 e. The van der Waals surface area contributed by atoms with Gasteiger partial charge in [-0.2, -0.15) is 0 Å². The second-order valence-electron chi connectivity index (χ2n) is 7.13. The van der Waals surface area contributed by atoms with E-state index in [1.54, 1.807) is 42.5 Å². The lowest BCUT2D eigenvalue weighted by atomic mass is 10.1. The zero-order chi connectivity index (χ0) is 21.7. The first kappa shape index (κ1) is 21.6. The molecule has 0 heterocycles. The highest BCUT2D eigenvalue weighted by Crippen LogP contribution is 2.24. The Hall–Kier alpha value is -3.12. The Morgan fingerprint density at radius 3 is 1.93 bits per heavy atom. The van der Waals surface area contributed by atoms with E-state index < -0.39 is 10.8 Å². The van der Waals surface area contributed by atoms with Crippen molar-refractivity contribution in [2.24, 2.45) is 0 Å². The van der Waals surface area contributed by atoms with Crippen LogP contribution in [-0.2, 0) is 17.3 Å². The van der Waals surface area contributed by atoms with Gasteiger partial charge in [0, 0.05) is 53.0 Å². The van der Waals surface area contributed by atoms with E-state index in [1.807, 2.05) is 67.5 Å². The SMILES string of the molecule is COc1ccc(N(Cc2ccc(N(C)C)cc2)C(=O)c2ccc(S(C)=O)cc2)cc1. The third-order valence-electron chi connectivity index (χ3n) is 4.86. The van der Waals surface area contributed by atoms with Crippen LogP contribution in [0, 0.1) is 0 Å². The first-order valence-corrected chi connectivity index (χ1v) is 11.1. The first-order chi connectivity index (χ1) is 14.4. The molecule has 0 spiro atoms. The van der Waals surface area contributed by atoms with Crippen LogP contribution in [-0.4, -0.2) is 37.6 Å². The fraction of sp³-hybridized carbons (Fsp3) is 0.208. The summed E-state index contributed by atoms with van der Waals surface area (Å²) in [6.07, 6.45) is 1.62. The molecule has 1 atom stereocenters. The maximum Gasteiger partial charge on any atom is 0.258 e. The van der Waals surface area contributed by atoms with Crippen molar-refractivity contribution in [1.82, 2.24) is 0 Å². The number of benzene rings is 3. The van der Waals surface area contributed by atoms with Crippen LogP contribution in [0.1, 0.15) is 15.9 Å². The number of ether oxygens (including phenoxy) is 1. The molecular weight excluding hydrogens is 396 g/mol. The van der Waals surface area contributed by atoms with Crippen LogP contribution in [0.5, 0.6) is 5.75 Å². The minimum absolute atomic E-state index is 0.120. The van der Waals surface area contributed by atoms with Gasteiger partial charge >= 0.3 is 0 Å². The monoisotopic (exact) mass is 422 g/mol. The number of hydrogen-bond acceptors (Lipinski definition) is 4. The molecule has 3 rings (SSSR count). The van der Waals surface area contributed by atoms with Gasteiger partial charge in [0.1, 0.15) is 5.75 Å². The fourth-order valence-electron chi connectivity index (χ4n) is 3.07. The molecule has 0 aromatic heterocycles. The second kappa shape index (κ2) is 9.59. The largest absolute Gasteiger partial charge is 0.497 e. The summed E-state index contributed by atoms with van der Waals surface area (Å²) in [6, 6.07) is 22.5. The van der Waals surface area contributed by atoms with Crippen molar-refractivity contribution >= 4 is 28.1 Å². The molecule has 1 amide bonds. The Morgan fingerprint density at radius 1 is 0.867 bits per heavy atom. The highest BCUT2D eigenvalue weighted by molar-refractivity contribution is 7.84. The molecular formula is C24H26N2O3S. The van der Waals surface area contributed by atoms with Crippen molar-refractivity contribution in [3.63, 3.8) is 0 Å². The number of hydrogen-bond donors (Lipinski definition) is 0. The predicted octanol–water partition coefficient (Wildman–Crippen LogP) is 4.35. The summed E-state index contributed by atoms with van der Waals surface area (Å²) in [7, 11) is 4.52. The van der Waals surface area contributed by atoms with E-state index in [0.717, 1.165) is 22.7 Å². The van der Waals surface area contributed by atoms with E-state index in [9.17, 15) is 9.00 Å². The van der Waals surface area contributed by atoms with Crippen molar-refractivity contribution in [2.45, 2.75) is 11.4 Å². The van der Waals surface area contributed by atoms with Crippen LogP contribution in [0.2, 0.25) is 0 Å². The minimum atomic E-state index is -1.08. The molecule has 0 aliphatic carbocycles. The zero-order valence-electron chi connectivity index (χ0n) is 17.7. The average Bonchev–Trinajstić information content (AvgIpc) is 2.77. The molecule has 0 saturated carbocycles. The molecule has 0 aliphatic rings. The third kappa shape index (κ3) is 5.07. The number of rotatable bonds is 7. The minimum Gasteiger partial charge on any atom is -0.497 e. The Balaban J connectivity index is 1.93. The fourth-order valence-corrected chi connectivity index (χ4v) is 3.59. The summed E-state index contributed by atoms with van der Waals surface area (Å²) < 4.78 is 16.9. The molecule has 0 N–H and O–H groups in total. The summed E-state index contributed by atoms with van der Waals surface area (Å²) in [5.41, 5.74) is 3.45. The Morgan fingerprint density at radius 2 is 1.43 bits per heavy atom. The van der Waals surface area contributed by atoms with E-state index in [-0.39, 0.29) is 5.91 Å². The number of amides is 1. The number of nitrogens with zero attached hydrogens (tertiary/aromatic N) is 2. The number of anilines is 2. The number of carbonyl (C=O) groups is 1. The van der Waals surface area contributed by atoms with Crippen molar-refractivity contribution in [1.29, 1.82) is 0 Å². The van der Waals surface area contributed by atoms with E-state index in [0.29, 0.717) is 17.0 Å². The van der Waals surface area contributed by atoms with E-state index >= 15 is 0 Å². The summed E-state index contributed by atoms with van der Waals surface area (Å²) in [5.74, 6) is 0.613. The van der Waals surface area contributed by atoms with Crippen LogP contribution in [0.3, 0.4) is 0 Å². The van der Waals surface area contributed by atoms with Gasteiger partial charge in [-0.3, -0.25) is 9.00 Å². The Labute approximate surface area is 180 Å². The maximum atomic E-state index is 13.4. The highest BCUT2D eigenvalue weighted by Gasteiger charge is 2.19. The molecule has 1 unspecified atom stereocenters. The van der Waals surface area contributed by atoms with Crippen molar-refractivity contribution in [2.75, 3.05) is 37.3 Å². The zero-order valence-corrected chi connectivity index (χ0v) is 18.5. The maximum absolute atomic E-state index is 13.4. The van der Waals surface area contributed by atoms with Gasteiger partial charge in [-0.1, -0.05) is 12.1 Å². The molecule has 0 radical (unpaired) electrons. The van der Waals surface area contributed by atoms with E-state index in [1.165, 1.54) is 0 Å². The van der Waals surface area contributed by atoms with Crippen molar-refractivity contribution in [3.8, 4) is 5.75 Å². The highest BCUT2D eigenvalue weighted by atomic mass is 32.2. The Bertz CT molecular complexity index is 1010. The van der Waals surface area contributed by atoms with Gasteiger partial charge in [-0.05, 0) is 66.2 Å². The van der Waals surface area contributed by atoms with Crippen LogP contribution >= 0.6 is 0 Å². The summed E-state index contributed by atoms with van der Waals surface area (Å²) >= 11 is 0. The van der Waals surface area contributed by atoms with Crippen molar-refractivity contribution in [3.05, 3.63) is 83.9 Å². The molecule has 0 aliphatic heterocycles. The molecule has 0 fully saturated rings. The van der Waals surface area contributed by atoms with Gasteiger partial charge in [0.15, 0.2) is 0 Å². The number of methoxy groups -OCH3 is 1. The molecule has 3 aromatic carbocycles. The molecule has 0 bridgehead atoms. The second-order valence-corrected chi connectivity index (χ2v) is 8.51. The molecule has 156 valence electrons. The molecule has 5 nitrogen and oxygen atoms in total. The predicted molar refractivity (Wildman–Crippen MR) is 123 cm³/mol. The average molecular weight is 423 g/mol. The van der Waals surface area contributed by atoms with Crippen LogP contribution in [0.25, 0.3) is 0 Å². The van der Waals surface area contributed by atoms with E-state index in [4.69, 9.17) is 4.74 Å². The van der Waals surface area contributed by atoms with Crippen LogP contribution in [0.4, 0.5) is 11.4 Å². The lowest BCUT2D eigenvalue weighted by Crippen LogP contribution is -2.30. The molecule has 6 heteroatoms. The van der Waals surface area contributed by atoms with Gasteiger partial charge in [0.25, 0.3) is 5.91 Å². The van der Waals surface area contributed by atoms with Crippen molar-refractivity contribution < 1.29 is 13.7 Å². The third-order valence-corrected chi connectivity index (χ3v) is 5.79. The van der Waals surface area contributed by atoms with Gasteiger partial charge < -0.3 is 14.5 Å². The van der Waals surface area contributed by atoms with Gasteiger partial charge in [0.2, 0.25) is 0 Å². The quantitative estimate of drug-likeness (QED) is 0.568. The number of carbonyl (C=O) groups excluding carboxylic acids is 1. The molecule has 0 saturated heterocycles. The van der Waals surface area contributed by atoms with Gasteiger partial charge in [0.05, 0.1) is 13.7 Å². The summed E-state index contributed by atoms with van der Waals surface area (Å²) in [5, 5.41) is 0. The Kier molecular flexibility index (Phi) is 6.90. The standard InChI is InChI=1S/C24H26N2O3S/c1-25(2)20-9-5-18(6-10-20)17-26(21-11-13-22(29-3)14-12-21)24(27)19-7-15-23(16-8-19)30(4)28/h5-16H,17H2,1-4H3. The molecule has 30 heavy (non-hydrogen) atoms. The van der Waals surface area contributed by atoms with Gasteiger partial charge in [-0.15, -0.1) is 0 Å². The normalized spacial score (nSPS) is 11.6. The topological polar surface area (TPSA) is 49.9 Å². The lowest BCUT2D eigenvalue weighted by Gasteiger charge is -2.24. The lowest BCUT2D eigenvalue weighted by molar-refractivity contribution is 0.0985. The summed E-state index contributed by atoms with van der Waals surface area (Å²) in [4.78, 5) is 17.8.